The quantitative estimate of drug-likeness (QED) is 0.475. The minimum absolute atomic E-state index is 0.266. The third-order valence-electron chi connectivity index (χ3n) is 5.08. The van der Waals surface area contributed by atoms with Crippen molar-refractivity contribution in [2.24, 2.45) is 0 Å². The van der Waals surface area contributed by atoms with Crippen LogP contribution in [-0.4, -0.2) is 18.1 Å². The van der Waals surface area contributed by atoms with Crippen molar-refractivity contribution in [1.29, 1.82) is 0 Å². The Labute approximate surface area is 140 Å². The van der Waals surface area contributed by atoms with Gasteiger partial charge in [0.1, 0.15) is 11.7 Å². The standard InChI is InChI=1S/C21H18N2O/c1-14-22(2)11-12-23(14)18-13-15-7-3-4-8-16(15)20-17-9-5-6-10-19(17)24-21(18)20/h3-14H,1-2H3/t14-/m0/s1. The van der Waals surface area contributed by atoms with Gasteiger partial charge in [0.05, 0.1) is 5.69 Å². The molecule has 1 aliphatic heterocycles. The highest BCUT2D eigenvalue weighted by Crippen LogP contribution is 2.41. The molecule has 4 aromatic rings. The first-order valence-electron chi connectivity index (χ1n) is 8.25. The normalized spacial score (nSPS) is 17.7. The lowest BCUT2D eigenvalue weighted by Gasteiger charge is -2.27. The molecule has 3 heteroatoms. The molecule has 0 radical (unpaired) electrons. The monoisotopic (exact) mass is 314 g/mol. The van der Waals surface area contributed by atoms with Gasteiger partial charge in [0.25, 0.3) is 0 Å². The molecule has 1 atom stereocenters. The fourth-order valence-corrected chi connectivity index (χ4v) is 3.65. The van der Waals surface area contributed by atoms with E-state index in [1.165, 1.54) is 21.5 Å². The number of fused-ring (bicyclic) bond motifs is 5. The van der Waals surface area contributed by atoms with Crippen LogP contribution in [0.5, 0.6) is 0 Å². The van der Waals surface area contributed by atoms with Crippen molar-refractivity contribution >= 4 is 38.4 Å². The molecular formula is C21H18N2O. The van der Waals surface area contributed by atoms with E-state index in [0.717, 1.165) is 16.9 Å². The van der Waals surface area contributed by atoms with E-state index in [9.17, 15) is 0 Å². The van der Waals surface area contributed by atoms with Crippen LogP contribution in [0.4, 0.5) is 5.69 Å². The molecule has 0 unspecified atom stereocenters. The Kier molecular flexibility index (Phi) is 2.69. The second-order valence-corrected chi connectivity index (χ2v) is 6.42. The fourth-order valence-electron chi connectivity index (χ4n) is 3.65. The van der Waals surface area contributed by atoms with Crippen LogP contribution in [0.15, 0.2) is 71.4 Å². The number of hydrogen-bond acceptors (Lipinski definition) is 3. The molecular weight excluding hydrogens is 296 g/mol. The first-order chi connectivity index (χ1) is 11.7. The van der Waals surface area contributed by atoms with Crippen LogP contribution in [0.1, 0.15) is 6.92 Å². The van der Waals surface area contributed by atoms with Gasteiger partial charge in [-0.1, -0.05) is 42.5 Å². The molecule has 3 nitrogen and oxygen atoms in total. The highest BCUT2D eigenvalue weighted by Gasteiger charge is 2.25. The fraction of sp³-hybridized carbons (Fsp3) is 0.143. The predicted molar refractivity (Wildman–Crippen MR) is 100 cm³/mol. The molecule has 0 fully saturated rings. The summed E-state index contributed by atoms with van der Waals surface area (Å²) >= 11 is 0. The molecule has 0 amide bonds. The van der Waals surface area contributed by atoms with Crippen LogP contribution in [-0.2, 0) is 0 Å². The van der Waals surface area contributed by atoms with Crippen molar-refractivity contribution in [3.63, 3.8) is 0 Å². The van der Waals surface area contributed by atoms with Crippen LogP contribution in [0, 0.1) is 0 Å². The Morgan fingerprint density at radius 1 is 0.917 bits per heavy atom. The summed E-state index contributed by atoms with van der Waals surface area (Å²) in [5, 5.41) is 4.86. The summed E-state index contributed by atoms with van der Waals surface area (Å²) in [5.74, 6) is 0. The second-order valence-electron chi connectivity index (χ2n) is 6.42. The molecule has 3 aromatic carbocycles. The number of anilines is 1. The van der Waals surface area contributed by atoms with Gasteiger partial charge in [0, 0.05) is 30.2 Å². The van der Waals surface area contributed by atoms with Gasteiger partial charge in [0.2, 0.25) is 0 Å². The Hall–Kier alpha value is -2.94. The molecule has 0 spiro atoms. The van der Waals surface area contributed by atoms with Crippen molar-refractivity contribution in [2.45, 2.75) is 13.1 Å². The predicted octanol–water partition coefficient (Wildman–Crippen LogP) is 5.31. The summed E-state index contributed by atoms with van der Waals surface area (Å²) in [6.45, 7) is 2.20. The lowest BCUT2D eigenvalue weighted by molar-refractivity contribution is 0.383. The zero-order valence-corrected chi connectivity index (χ0v) is 13.7. The highest BCUT2D eigenvalue weighted by atomic mass is 16.3. The van der Waals surface area contributed by atoms with E-state index in [0.29, 0.717) is 0 Å². The van der Waals surface area contributed by atoms with Gasteiger partial charge in [-0.25, -0.2) is 0 Å². The lowest BCUT2D eigenvalue weighted by atomic mass is 10.0. The zero-order chi connectivity index (χ0) is 16.3. The van der Waals surface area contributed by atoms with Gasteiger partial charge >= 0.3 is 0 Å². The average molecular weight is 314 g/mol. The summed E-state index contributed by atoms with van der Waals surface area (Å²) < 4.78 is 6.29. The first-order valence-corrected chi connectivity index (χ1v) is 8.25. The van der Waals surface area contributed by atoms with Gasteiger partial charge in [-0.15, -0.1) is 0 Å². The molecule has 118 valence electrons. The number of nitrogens with zero attached hydrogens (tertiary/aromatic N) is 2. The number of para-hydroxylation sites is 1. The minimum atomic E-state index is 0.266. The van der Waals surface area contributed by atoms with Gasteiger partial charge in [-0.3, -0.25) is 0 Å². The number of hydrogen-bond donors (Lipinski definition) is 0. The van der Waals surface area contributed by atoms with Gasteiger partial charge in [-0.05, 0) is 29.8 Å². The number of rotatable bonds is 1. The third-order valence-corrected chi connectivity index (χ3v) is 5.08. The summed E-state index contributed by atoms with van der Waals surface area (Å²) in [6, 6.07) is 19.1. The molecule has 1 aliphatic rings. The van der Waals surface area contributed by atoms with Crippen molar-refractivity contribution in [2.75, 3.05) is 11.9 Å². The van der Waals surface area contributed by atoms with Crippen LogP contribution in [0.3, 0.4) is 0 Å². The van der Waals surface area contributed by atoms with E-state index in [1.54, 1.807) is 0 Å². The Morgan fingerprint density at radius 3 is 2.46 bits per heavy atom. The maximum atomic E-state index is 6.29. The topological polar surface area (TPSA) is 19.6 Å². The van der Waals surface area contributed by atoms with E-state index in [4.69, 9.17) is 4.42 Å². The van der Waals surface area contributed by atoms with E-state index >= 15 is 0 Å². The largest absolute Gasteiger partial charge is 0.454 e. The Bertz CT molecular complexity index is 1110. The zero-order valence-electron chi connectivity index (χ0n) is 13.7. The highest BCUT2D eigenvalue weighted by molar-refractivity contribution is 6.22. The first kappa shape index (κ1) is 13.5. The van der Waals surface area contributed by atoms with Crippen LogP contribution >= 0.6 is 0 Å². The second kappa shape index (κ2) is 4.78. The molecule has 0 saturated carbocycles. The van der Waals surface area contributed by atoms with Gasteiger partial charge in [-0.2, -0.15) is 0 Å². The summed E-state index contributed by atoms with van der Waals surface area (Å²) in [5.41, 5.74) is 3.02. The van der Waals surface area contributed by atoms with Gasteiger partial charge < -0.3 is 14.2 Å². The molecule has 5 rings (SSSR count). The van der Waals surface area contributed by atoms with E-state index in [-0.39, 0.29) is 6.17 Å². The summed E-state index contributed by atoms with van der Waals surface area (Å²) in [7, 11) is 2.10. The van der Waals surface area contributed by atoms with Gasteiger partial charge in [0.15, 0.2) is 5.58 Å². The molecule has 1 aromatic heterocycles. The van der Waals surface area contributed by atoms with Crippen molar-refractivity contribution < 1.29 is 4.42 Å². The SMILES string of the molecule is C[C@H]1N(C)C=CN1c1cc2ccccc2c2c1oc1ccccc12. The maximum Gasteiger partial charge on any atom is 0.159 e. The van der Waals surface area contributed by atoms with E-state index < -0.39 is 0 Å². The van der Waals surface area contributed by atoms with E-state index in [2.05, 4.69) is 78.6 Å². The van der Waals surface area contributed by atoms with Crippen molar-refractivity contribution in [1.82, 2.24) is 4.90 Å². The third kappa shape index (κ3) is 1.72. The Balaban J connectivity index is 1.94. The number of furan rings is 1. The summed E-state index contributed by atoms with van der Waals surface area (Å²) in [6.07, 6.45) is 4.50. The number of benzene rings is 3. The molecule has 2 heterocycles. The minimum Gasteiger partial charge on any atom is -0.454 e. The molecule has 0 bridgehead atoms. The average Bonchev–Trinajstić information content (AvgIpc) is 3.16. The van der Waals surface area contributed by atoms with Crippen LogP contribution < -0.4 is 4.90 Å². The smallest absolute Gasteiger partial charge is 0.159 e. The Morgan fingerprint density at radius 2 is 1.67 bits per heavy atom. The molecule has 0 saturated heterocycles. The van der Waals surface area contributed by atoms with Crippen LogP contribution in [0.25, 0.3) is 32.7 Å². The molecule has 24 heavy (non-hydrogen) atoms. The van der Waals surface area contributed by atoms with Crippen molar-refractivity contribution in [3.8, 4) is 0 Å². The van der Waals surface area contributed by atoms with Crippen LogP contribution in [0.2, 0.25) is 0 Å². The van der Waals surface area contributed by atoms with Crippen molar-refractivity contribution in [3.05, 3.63) is 67.0 Å². The molecule has 0 N–H and O–H groups in total. The summed E-state index contributed by atoms with van der Waals surface area (Å²) in [4.78, 5) is 4.47. The molecule has 0 aliphatic carbocycles. The lowest BCUT2D eigenvalue weighted by Crippen LogP contribution is -2.33. The van der Waals surface area contributed by atoms with E-state index in [1.807, 2.05) is 12.1 Å². The maximum absolute atomic E-state index is 6.29.